The summed E-state index contributed by atoms with van der Waals surface area (Å²) in [7, 11) is 3.57. The van der Waals surface area contributed by atoms with Gasteiger partial charge < -0.3 is 14.5 Å². The Bertz CT molecular complexity index is 410. The quantitative estimate of drug-likeness (QED) is 0.686. The molecule has 7 heteroatoms. The monoisotopic (exact) mass is 326 g/mol. The van der Waals surface area contributed by atoms with E-state index in [1.165, 1.54) is 0 Å². The van der Waals surface area contributed by atoms with Gasteiger partial charge in [-0.15, -0.1) is 0 Å². The van der Waals surface area contributed by atoms with Gasteiger partial charge in [-0.05, 0) is 19.9 Å². The molecule has 0 N–H and O–H groups in total. The van der Waals surface area contributed by atoms with Crippen LogP contribution in [0.25, 0.3) is 0 Å². The fourth-order valence-electron chi connectivity index (χ4n) is 3.07. The van der Waals surface area contributed by atoms with E-state index in [9.17, 15) is 9.59 Å². The Kier molecular flexibility index (Phi) is 6.80. The largest absolute Gasteiger partial charge is 0.378 e. The Morgan fingerprint density at radius 1 is 1.04 bits per heavy atom. The van der Waals surface area contributed by atoms with Gasteiger partial charge in [-0.2, -0.15) is 0 Å². The summed E-state index contributed by atoms with van der Waals surface area (Å²) >= 11 is 0. The first-order valence-corrected chi connectivity index (χ1v) is 8.52. The number of carbonyl (C=O) groups is 2. The number of rotatable bonds is 4. The van der Waals surface area contributed by atoms with Crippen molar-refractivity contribution in [1.82, 2.24) is 19.6 Å². The predicted molar refractivity (Wildman–Crippen MR) is 88.2 cm³/mol. The summed E-state index contributed by atoms with van der Waals surface area (Å²) in [5, 5.41) is 0. The second-order valence-electron chi connectivity index (χ2n) is 6.57. The van der Waals surface area contributed by atoms with Crippen LogP contribution in [0.2, 0.25) is 0 Å². The minimum atomic E-state index is -0.0994. The molecule has 2 aliphatic rings. The molecular formula is C16H30N4O3. The van der Waals surface area contributed by atoms with Gasteiger partial charge in [-0.3, -0.25) is 19.4 Å². The lowest BCUT2D eigenvalue weighted by molar-refractivity contribution is -0.140. The Labute approximate surface area is 139 Å². The van der Waals surface area contributed by atoms with Crippen LogP contribution in [0.15, 0.2) is 0 Å². The molecule has 2 saturated heterocycles. The lowest BCUT2D eigenvalue weighted by Crippen LogP contribution is -2.51. The molecule has 0 bridgehead atoms. The minimum absolute atomic E-state index is 0.0994. The molecule has 2 heterocycles. The van der Waals surface area contributed by atoms with E-state index in [2.05, 4.69) is 9.80 Å². The normalized spacial score (nSPS) is 22.5. The zero-order valence-electron chi connectivity index (χ0n) is 14.7. The highest BCUT2D eigenvalue weighted by atomic mass is 16.5. The third kappa shape index (κ3) is 5.16. The molecule has 0 aromatic rings. The molecule has 0 aliphatic carbocycles. The summed E-state index contributed by atoms with van der Waals surface area (Å²) in [4.78, 5) is 32.4. The number of carbonyl (C=O) groups excluding carboxylic acids is 2. The highest BCUT2D eigenvalue weighted by Gasteiger charge is 2.28. The number of morpholine rings is 1. The van der Waals surface area contributed by atoms with Gasteiger partial charge in [-0.25, -0.2) is 0 Å². The van der Waals surface area contributed by atoms with Crippen LogP contribution in [0.3, 0.4) is 0 Å². The maximum Gasteiger partial charge on any atom is 0.239 e. The van der Waals surface area contributed by atoms with Crippen LogP contribution in [-0.4, -0.2) is 111 Å². The van der Waals surface area contributed by atoms with E-state index in [4.69, 9.17) is 4.74 Å². The van der Waals surface area contributed by atoms with Gasteiger partial charge in [0.2, 0.25) is 11.8 Å². The Hall–Kier alpha value is -1.18. The maximum absolute atomic E-state index is 12.6. The van der Waals surface area contributed by atoms with Crippen LogP contribution in [0.1, 0.15) is 13.3 Å². The summed E-state index contributed by atoms with van der Waals surface area (Å²) in [5.41, 5.74) is 0. The van der Waals surface area contributed by atoms with E-state index >= 15 is 0 Å². The van der Waals surface area contributed by atoms with Crippen molar-refractivity contribution in [1.29, 1.82) is 0 Å². The van der Waals surface area contributed by atoms with E-state index in [0.717, 1.165) is 32.6 Å². The maximum atomic E-state index is 12.6. The van der Waals surface area contributed by atoms with Gasteiger partial charge in [0.25, 0.3) is 0 Å². The van der Waals surface area contributed by atoms with Gasteiger partial charge >= 0.3 is 0 Å². The van der Waals surface area contributed by atoms with Crippen LogP contribution in [0, 0.1) is 0 Å². The molecule has 0 saturated carbocycles. The topological polar surface area (TPSA) is 56.3 Å². The molecule has 7 nitrogen and oxygen atoms in total. The molecule has 0 aromatic carbocycles. The highest BCUT2D eigenvalue weighted by molar-refractivity contribution is 5.81. The predicted octanol–water partition coefficient (Wildman–Crippen LogP) is -0.670. The molecule has 0 radical (unpaired) electrons. The van der Waals surface area contributed by atoms with Crippen molar-refractivity contribution in [3.05, 3.63) is 0 Å². The van der Waals surface area contributed by atoms with Crippen LogP contribution >= 0.6 is 0 Å². The zero-order valence-corrected chi connectivity index (χ0v) is 14.7. The second-order valence-corrected chi connectivity index (χ2v) is 6.57. The first kappa shape index (κ1) is 18.2. The van der Waals surface area contributed by atoms with Crippen molar-refractivity contribution < 1.29 is 14.3 Å². The average molecular weight is 326 g/mol. The molecule has 2 fully saturated rings. The molecule has 1 unspecified atom stereocenters. The summed E-state index contributed by atoms with van der Waals surface area (Å²) < 4.78 is 5.32. The van der Waals surface area contributed by atoms with E-state index in [1.807, 2.05) is 11.8 Å². The molecule has 2 aliphatic heterocycles. The number of nitrogens with zero attached hydrogens (tertiary/aromatic N) is 4. The van der Waals surface area contributed by atoms with E-state index < -0.39 is 0 Å². The van der Waals surface area contributed by atoms with E-state index in [-0.39, 0.29) is 17.9 Å². The van der Waals surface area contributed by atoms with Gasteiger partial charge in [0, 0.05) is 46.8 Å². The average Bonchev–Trinajstić information content (AvgIpc) is 2.79. The van der Waals surface area contributed by atoms with Gasteiger partial charge in [0.1, 0.15) is 0 Å². The molecule has 0 aromatic heterocycles. The van der Waals surface area contributed by atoms with Crippen molar-refractivity contribution in [3.63, 3.8) is 0 Å². The standard InChI is InChI=1S/C16H30N4O3/c1-14(16(22)20-9-11-23-12-10-20)19-6-4-5-18(7-8-19)13-15(21)17(2)3/h14H,4-13H2,1-3H3. The highest BCUT2D eigenvalue weighted by Crippen LogP contribution is 2.11. The van der Waals surface area contributed by atoms with E-state index in [1.54, 1.807) is 19.0 Å². The van der Waals surface area contributed by atoms with Crippen molar-refractivity contribution in [2.24, 2.45) is 0 Å². The summed E-state index contributed by atoms with van der Waals surface area (Å²) in [6.45, 7) is 8.61. The van der Waals surface area contributed by atoms with Crippen LogP contribution in [-0.2, 0) is 14.3 Å². The smallest absolute Gasteiger partial charge is 0.239 e. The Morgan fingerprint density at radius 2 is 1.74 bits per heavy atom. The first-order chi connectivity index (χ1) is 11.0. The van der Waals surface area contributed by atoms with Crippen molar-refractivity contribution in [2.75, 3.05) is 73.1 Å². The Morgan fingerprint density at radius 3 is 2.39 bits per heavy atom. The van der Waals surface area contributed by atoms with Crippen LogP contribution in [0.5, 0.6) is 0 Å². The molecule has 2 amide bonds. The third-order valence-electron chi connectivity index (χ3n) is 4.71. The SMILES string of the molecule is CC(C(=O)N1CCOCC1)N1CCCN(CC(=O)N(C)C)CC1. The van der Waals surface area contributed by atoms with Gasteiger partial charge in [-0.1, -0.05) is 0 Å². The van der Waals surface area contributed by atoms with Gasteiger partial charge in [0.05, 0.1) is 25.8 Å². The van der Waals surface area contributed by atoms with E-state index in [0.29, 0.717) is 32.8 Å². The van der Waals surface area contributed by atoms with Gasteiger partial charge in [0.15, 0.2) is 0 Å². The van der Waals surface area contributed by atoms with Crippen molar-refractivity contribution in [3.8, 4) is 0 Å². The number of ether oxygens (including phenoxy) is 1. The van der Waals surface area contributed by atoms with Crippen molar-refractivity contribution >= 4 is 11.8 Å². The zero-order chi connectivity index (χ0) is 16.8. The lowest BCUT2D eigenvalue weighted by atomic mass is 10.2. The summed E-state index contributed by atoms with van der Waals surface area (Å²) in [6, 6.07) is -0.0994. The fourth-order valence-corrected chi connectivity index (χ4v) is 3.07. The molecule has 0 spiro atoms. The number of likely N-dealkylation sites (N-methyl/N-ethyl adjacent to an activating group) is 1. The first-order valence-electron chi connectivity index (χ1n) is 8.52. The van der Waals surface area contributed by atoms with Crippen LogP contribution < -0.4 is 0 Å². The lowest BCUT2D eigenvalue weighted by Gasteiger charge is -2.34. The third-order valence-corrected chi connectivity index (χ3v) is 4.71. The number of amides is 2. The number of hydrogen-bond donors (Lipinski definition) is 0. The molecule has 2 rings (SSSR count). The molecule has 1 atom stereocenters. The molecule has 132 valence electrons. The fraction of sp³-hybridized carbons (Fsp3) is 0.875. The molecular weight excluding hydrogens is 296 g/mol. The minimum Gasteiger partial charge on any atom is -0.378 e. The number of hydrogen-bond acceptors (Lipinski definition) is 5. The molecule has 23 heavy (non-hydrogen) atoms. The van der Waals surface area contributed by atoms with Crippen LogP contribution in [0.4, 0.5) is 0 Å². The summed E-state index contributed by atoms with van der Waals surface area (Å²) in [6.07, 6.45) is 0.988. The summed E-state index contributed by atoms with van der Waals surface area (Å²) in [5.74, 6) is 0.335. The second kappa shape index (κ2) is 8.61. The Balaban J connectivity index is 1.84. The van der Waals surface area contributed by atoms with Crippen molar-refractivity contribution in [2.45, 2.75) is 19.4 Å².